The number of rotatable bonds is 4. The number of nitrogens with one attached hydrogen (secondary N) is 2. The van der Waals surface area contributed by atoms with E-state index in [1.807, 2.05) is 40.0 Å². The lowest BCUT2D eigenvalue weighted by Gasteiger charge is -2.23. The van der Waals surface area contributed by atoms with Crippen LogP contribution < -0.4 is 10.6 Å². The molecule has 0 radical (unpaired) electrons. The summed E-state index contributed by atoms with van der Waals surface area (Å²) in [7, 11) is 0. The maximum absolute atomic E-state index is 11.8. The van der Waals surface area contributed by atoms with E-state index in [9.17, 15) is 4.79 Å². The van der Waals surface area contributed by atoms with E-state index in [1.54, 1.807) is 11.3 Å². The Morgan fingerprint density at radius 3 is 2.65 bits per heavy atom. The van der Waals surface area contributed by atoms with Gasteiger partial charge in [-0.1, -0.05) is 0 Å². The molecule has 0 fully saturated rings. The van der Waals surface area contributed by atoms with Crippen molar-refractivity contribution in [1.82, 2.24) is 15.6 Å². The fourth-order valence-corrected chi connectivity index (χ4v) is 2.02. The van der Waals surface area contributed by atoms with Gasteiger partial charge in [0.25, 0.3) is 0 Å². The minimum atomic E-state index is -0.210. The molecule has 0 aliphatic carbocycles. The predicted octanol–water partition coefficient (Wildman–Crippen LogP) is 1.84. The molecule has 1 heterocycles. The minimum Gasteiger partial charge on any atom is -0.350 e. The molecule has 17 heavy (non-hydrogen) atoms. The molecule has 96 valence electrons. The molecule has 0 saturated carbocycles. The van der Waals surface area contributed by atoms with Gasteiger partial charge in [-0.25, -0.2) is 4.98 Å². The van der Waals surface area contributed by atoms with Crippen LogP contribution in [0.4, 0.5) is 0 Å². The molecular weight excluding hydrogens is 234 g/mol. The van der Waals surface area contributed by atoms with Gasteiger partial charge in [0.1, 0.15) is 5.01 Å². The molecule has 5 heteroatoms. The van der Waals surface area contributed by atoms with Crippen molar-refractivity contribution in [3.05, 3.63) is 16.1 Å². The van der Waals surface area contributed by atoms with E-state index in [0.29, 0.717) is 6.54 Å². The van der Waals surface area contributed by atoms with E-state index < -0.39 is 0 Å². The van der Waals surface area contributed by atoms with Crippen molar-refractivity contribution in [3.63, 3.8) is 0 Å². The Hall–Kier alpha value is -0.940. The third kappa shape index (κ3) is 5.28. The Morgan fingerprint density at radius 1 is 1.53 bits per heavy atom. The largest absolute Gasteiger partial charge is 0.350 e. The van der Waals surface area contributed by atoms with Crippen LogP contribution >= 0.6 is 11.3 Å². The van der Waals surface area contributed by atoms with E-state index >= 15 is 0 Å². The number of hydrogen-bond acceptors (Lipinski definition) is 4. The van der Waals surface area contributed by atoms with Gasteiger partial charge < -0.3 is 5.32 Å². The van der Waals surface area contributed by atoms with Crippen molar-refractivity contribution < 1.29 is 4.79 Å². The second kappa shape index (κ2) is 5.60. The van der Waals surface area contributed by atoms with Crippen LogP contribution in [-0.4, -0.2) is 22.5 Å². The molecule has 2 N–H and O–H groups in total. The number of aryl methyl sites for hydroxylation is 1. The summed E-state index contributed by atoms with van der Waals surface area (Å²) < 4.78 is 0. The maximum Gasteiger partial charge on any atom is 0.237 e. The van der Waals surface area contributed by atoms with Crippen molar-refractivity contribution in [1.29, 1.82) is 0 Å². The lowest BCUT2D eigenvalue weighted by atomic mass is 10.1. The van der Waals surface area contributed by atoms with Gasteiger partial charge in [0, 0.05) is 23.2 Å². The maximum atomic E-state index is 11.8. The molecule has 4 nitrogen and oxygen atoms in total. The highest BCUT2D eigenvalue weighted by Crippen LogP contribution is 2.08. The zero-order chi connectivity index (χ0) is 13.1. The molecule has 1 atom stereocenters. The third-order valence-electron chi connectivity index (χ3n) is 2.12. The standard InChI is InChI=1S/C12H21N3OS/c1-8-7-17-10(14-8)6-13-9(2)11(16)15-12(3,4)5/h7,9,13H,6H2,1-5H3,(H,15,16). The van der Waals surface area contributed by atoms with Crippen molar-refractivity contribution >= 4 is 17.2 Å². The highest BCUT2D eigenvalue weighted by Gasteiger charge is 2.18. The van der Waals surface area contributed by atoms with Crippen LogP contribution in [0.15, 0.2) is 5.38 Å². The monoisotopic (exact) mass is 255 g/mol. The molecule has 1 unspecified atom stereocenters. The van der Waals surface area contributed by atoms with Crippen LogP contribution in [0.1, 0.15) is 38.4 Å². The Kier molecular flexibility index (Phi) is 4.65. The predicted molar refractivity (Wildman–Crippen MR) is 71.0 cm³/mol. The van der Waals surface area contributed by atoms with E-state index in [4.69, 9.17) is 0 Å². The van der Waals surface area contributed by atoms with Crippen LogP contribution in [0.5, 0.6) is 0 Å². The Morgan fingerprint density at radius 2 is 2.18 bits per heavy atom. The number of amides is 1. The number of hydrogen-bond donors (Lipinski definition) is 2. The van der Waals surface area contributed by atoms with Crippen molar-refractivity contribution in [2.24, 2.45) is 0 Å². The number of carbonyl (C=O) groups excluding carboxylic acids is 1. The van der Waals surface area contributed by atoms with E-state index in [-0.39, 0.29) is 17.5 Å². The average molecular weight is 255 g/mol. The lowest BCUT2D eigenvalue weighted by molar-refractivity contribution is -0.124. The molecule has 1 amide bonds. The van der Waals surface area contributed by atoms with Gasteiger partial charge in [0.05, 0.1) is 6.04 Å². The molecule has 0 bridgehead atoms. The van der Waals surface area contributed by atoms with Crippen LogP contribution in [0.2, 0.25) is 0 Å². The smallest absolute Gasteiger partial charge is 0.237 e. The fourth-order valence-electron chi connectivity index (χ4n) is 1.29. The number of carbonyl (C=O) groups is 1. The highest BCUT2D eigenvalue weighted by atomic mass is 32.1. The normalized spacial score (nSPS) is 13.5. The first-order chi connectivity index (χ1) is 7.78. The van der Waals surface area contributed by atoms with Gasteiger partial charge in [-0.05, 0) is 34.6 Å². The molecule has 0 aliphatic rings. The summed E-state index contributed by atoms with van der Waals surface area (Å²) >= 11 is 1.61. The first kappa shape index (κ1) is 14.1. The van der Waals surface area contributed by atoms with Crippen LogP contribution in [0.25, 0.3) is 0 Å². The first-order valence-corrected chi connectivity index (χ1v) is 6.62. The Balaban J connectivity index is 2.39. The van der Waals surface area contributed by atoms with Gasteiger partial charge in [-0.15, -0.1) is 11.3 Å². The molecular formula is C12H21N3OS. The zero-order valence-electron chi connectivity index (χ0n) is 11.1. The molecule has 1 aromatic heterocycles. The van der Waals surface area contributed by atoms with Gasteiger partial charge in [-0.3, -0.25) is 10.1 Å². The van der Waals surface area contributed by atoms with Gasteiger partial charge in [0.2, 0.25) is 5.91 Å². The fraction of sp³-hybridized carbons (Fsp3) is 0.667. The molecule has 1 rings (SSSR count). The van der Waals surface area contributed by atoms with Gasteiger partial charge >= 0.3 is 0 Å². The second-order valence-electron chi connectivity index (χ2n) is 5.22. The molecule has 0 aromatic carbocycles. The summed E-state index contributed by atoms with van der Waals surface area (Å²) in [6.45, 7) is 10.4. The van der Waals surface area contributed by atoms with Crippen LogP contribution in [0.3, 0.4) is 0 Å². The molecule has 0 spiro atoms. The van der Waals surface area contributed by atoms with Crippen molar-refractivity contribution in [2.75, 3.05) is 0 Å². The molecule has 1 aromatic rings. The zero-order valence-corrected chi connectivity index (χ0v) is 11.9. The summed E-state index contributed by atoms with van der Waals surface area (Å²) in [6, 6.07) is -0.210. The van der Waals surface area contributed by atoms with Gasteiger partial charge in [0.15, 0.2) is 0 Å². The first-order valence-electron chi connectivity index (χ1n) is 5.74. The summed E-state index contributed by atoms with van der Waals surface area (Å²) in [6.07, 6.45) is 0. The molecule has 0 aliphatic heterocycles. The summed E-state index contributed by atoms with van der Waals surface area (Å²) in [4.78, 5) is 16.1. The quantitative estimate of drug-likeness (QED) is 0.863. The lowest BCUT2D eigenvalue weighted by Crippen LogP contribution is -2.49. The van der Waals surface area contributed by atoms with E-state index in [2.05, 4.69) is 15.6 Å². The third-order valence-corrected chi connectivity index (χ3v) is 3.08. The van der Waals surface area contributed by atoms with Crippen LogP contribution in [0, 0.1) is 6.92 Å². The number of aromatic nitrogens is 1. The summed E-state index contributed by atoms with van der Waals surface area (Å²) in [5.41, 5.74) is 0.837. The van der Waals surface area contributed by atoms with E-state index in [1.165, 1.54) is 0 Å². The summed E-state index contributed by atoms with van der Waals surface area (Å²) in [5.74, 6) is 0.0192. The van der Waals surface area contributed by atoms with Gasteiger partial charge in [-0.2, -0.15) is 0 Å². The van der Waals surface area contributed by atoms with E-state index in [0.717, 1.165) is 10.7 Å². The molecule has 0 saturated heterocycles. The second-order valence-corrected chi connectivity index (χ2v) is 6.17. The number of thiazole rings is 1. The highest BCUT2D eigenvalue weighted by molar-refractivity contribution is 7.09. The summed E-state index contributed by atoms with van der Waals surface area (Å²) in [5, 5.41) is 9.14. The minimum absolute atomic E-state index is 0.0192. The van der Waals surface area contributed by atoms with Crippen molar-refractivity contribution in [3.8, 4) is 0 Å². The SMILES string of the molecule is Cc1csc(CNC(C)C(=O)NC(C)(C)C)n1. The van der Waals surface area contributed by atoms with Crippen molar-refractivity contribution in [2.45, 2.75) is 52.7 Å². The Bertz CT molecular complexity index is 381. The average Bonchev–Trinajstić information content (AvgIpc) is 2.58. The topological polar surface area (TPSA) is 54.0 Å². The number of nitrogens with zero attached hydrogens (tertiary/aromatic N) is 1. The Labute approximate surface area is 107 Å². The van der Waals surface area contributed by atoms with Crippen LogP contribution in [-0.2, 0) is 11.3 Å².